The van der Waals surface area contributed by atoms with Crippen LogP contribution in [-0.4, -0.2) is 43.1 Å². The van der Waals surface area contributed by atoms with Gasteiger partial charge < -0.3 is 20.7 Å². The molecule has 1 heterocycles. The van der Waals surface area contributed by atoms with E-state index in [1.54, 1.807) is 31.6 Å². The topological polar surface area (TPSA) is 87.6 Å². The van der Waals surface area contributed by atoms with E-state index >= 15 is 0 Å². The number of aromatic nitrogens is 1. The van der Waals surface area contributed by atoms with Gasteiger partial charge >= 0.3 is 0 Å². The predicted molar refractivity (Wildman–Crippen MR) is 119 cm³/mol. The Morgan fingerprint density at radius 2 is 2.07 bits per heavy atom. The molecule has 2 rings (SSSR count). The number of aryl methyl sites for hydroxylation is 1. The lowest BCUT2D eigenvalue weighted by Gasteiger charge is -2.18. The van der Waals surface area contributed by atoms with Gasteiger partial charge in [0.25, 0.3) is 0 Å². The Morgan fingerprint density at radius 3 is 2.74 bits per heavy atom. The molecule has 27 heavy (non-hydrogen) atoms. The highest BCUT2D eigenvalue weighted by atomic mass is 127. The Bertz CT molecular complexity index is 740. The molecule has 8 heteroatoms. The number of pyridine rings is 1. The first-order valence-corrected chi connectivity index (χ1v) is 8.44. The lowest BCUT2D eigenvalue weighted by atomic mass is 10.2. The van der Waals surface area contributed by atoms with Crippen molar-refractivity contribution in [2.75, 3.05) is 25.5 Å². The van der Waals surface area contributed by atoms with Crippen molar-refractivity contribution in [3.05, 3.63) is 54.4 Å². The lowest BCUT2D eigenvalue weighted by molar-refractivity contribution is -0.115. The number of benzene rings is 1. The minimum Gasteiger partial charge on any atom is -0.489 e. The van der Waals surface area contributed by atoms with Crippen LogP contribution < -0.4 is 20.7 Å². The molecule has 7 nitrogen and oxygen atoms in total. The number of carbonyl (C=O) groups excluding carboxylic acids is 1. The second-order valence-electron chi connectivity index (χ2n) is 5.84. The van der Waals surface area contributed by atoms with Crippen molar-refractivity contribution in [3.63, 3.8) is 0 Å². The SMILES string of the molecule is CN=C(NCC(=O)Nc1cccnc1)NCC(C)Oc1cccc(C)c1.I. The monoisotopic (exact) mass is 483 g/mol. The van der Waals surface area contributed by atoms with Crippen molar-refractivity contribution in [1.29, 1.82) is 0 Å². The molecule has 0 bridgehead atoms. The molecule has 0 aliphatic carbocycles. The molecule has 0 aliphatic heterocycles. The zero-order valence-corrected chi connectivity index (χ0v) is 18.1. The molecular formula is C19H26IN5O2. The molecule has 1 amide bonds. The van der Waals surface area contributed by atoms with Crippen LogP contribution in [0.1, 0.15) is 12.5 Å². The Kier molecular flexibility index (Phi) is 10.2. The van der Waals surface area contributed by atoms with Crippen LogP contribution in [0.15, 0.2) is 53.8 Å². The van der Waals surface area contributed by atoms with Crippen molar-refractivity contribution < 1.29 is 9.53 Å². The van der Waals surface area contributed by atoms with Gasteiger partial charge in [0.15, 0.2) is 5.96 Å². The van der Waals surface area contributed by atoms with Gasteiger partial charge in [0.1, 0.15) is 11.9 Å². The van der Waals surface area contributed by atoms with Crippen molar-refractivity contribution in [3.8, 4) is 5.75 Å². The molecular weight excluding hydrogens is 457 g/mol. The summed E-state index contributed by atoms with van der Waals surface area (Å²) in [6.07, 6.45) is 3.19. The largest absolute Gasteiger partial charge is 0.489 e. The summed E-state index contributed by atoms with van der Waals surface area (Å²) in [6, 6.07) is 11.5. The maximum Gasteiger partial charge on any atom is 0.243 e. The zero-order chi connectivity index (χ0) is 18.8. The fraction of sp³-hybridized carbons (Fsp3) is 0.316. The van der Waals surface area contributed by atoms with E-state index in [0.29, 0.717) is 18.2 Å². The Morgan fingerprint density at radius 1 is 1.26 bits per heavy atom. The number of carbonyl (C=O) groups is 1. The van der Waals surface area contributed by atoms with Crippen LogP contribution in [0.3, 0.4) is 0 Å². The van der Waals surface area contributed by atoms with E-state index < -0.39 is 0 Å². The van der Waals surface area contributed by atoms with Crippen LogP contribution in [0.2, 0.25) is 0 Å². The second-order valence-corrected chi connectivity index (χ2v) is 5.84. The average Bonchev–Trinajstić information content (AvgIpc) is 2.62. The van der Waals surface area contributed by atoms with Crippen molar-refractivity contribution in [2.24, 2.45) is 4.99 Å². The minimum atomic E-state index is -0.176. The van der Waals surface area contributed by atoms with Gasteiger partial charge in [-0.25, -0.2) is 0 Å². The summed E-state index contributed by atoms with van der Waals surface area (Å²) in [7, 11) is 1.65. The summed E-state index contributed by atoms with van der Waals surface area (Å²) in [4.78, 5) is 20.0. The number of nitrogens with zero attached hydrogens (tertiary/aromatic N) is 2. The van der Waals surface area contributed by atoms with Crippen molar-refractivity contribution >= 4 is 41.5 Å². The fourth-order valence-corrected chi connectivity index (χ4v) is 2.23. The van der Waals surface area contributed by atoms with Crippen LogP contribution in [0.5, 0.6) is 5.75 Å². The van der Waals surface area contributed by atoms with E-state index in [4.69, 9.17) is 4.74 Å². The van der Waals surface area contributed by atoms with E-state index in [1.807, 2.05) is 38.1 Å². The van der Waals surface area contributed by atoms with Crippen LogP contribution >= 0.6 is 24.0 Å². The van der Waals surface area contributed by atoms with E-state index in [0.717, 1.165) is 11.3 Å². The first kappa shape index (κ1) is 22.7. The maximum atomic E-state index is 11.9. The van der Waals surface area contributed by atoms with Gasteiger partial charge in [-0.1, -0.05) is 12.1 Å². The van der Waals surface area contributed by atoms with Gasteiger partial charge in [0.2, 0.25) is 5.91 Å². The van der Waals surface area contributed by atoms with Crippen molar-refractivity contribution in [1.82, 2.24) is 15.6 Å². The van der Waals surface area contributed by atoms with Gasteiger partial charge in [-0.3, -0.25) is 14.8 Å². The number of nitrogens with one attached hydrogen (secondary N) is 3. The number of hydrogen-bond acceptors (Lipinski definition) is 4. The highest BCUT2D eigenvalue weighted by Gasteiger charge is 2.08. The summed E-state index contributed by atoms with van der Waals surface area (Å²) in [5, 5.41) is 8.87. The molecule has 0 spiro atoms. The smallest absolute Gasteiger partial charge is 0.243 e. The third-order valence-corrected chi connectivity index (χ3v) is 3.47. The summed E-state index contributed by atoms with van der Waals surface area (Å²) < 4.78 is 5.86. The van der Waals surface area contributed by atoms with E-state index in [-0.39, 0.29) is 42.5 Å². The number of amides is 1. The molecule has 0 fully saturated rings. The number of ether oxygens (including phenoxy) is 1. The predicted octanol–water partition coefficient (Wildman–Crippen LogP) is 2.58. The highest BCUT2D eigenvalue weighted by molar-refractivity contribution is 14.0. The number of guanidine groups is 1. The first-order chi connectivity index (χ1) is 12.6. The number of rotatable bonds is 7. The molecule has 2 aromatic rings. The number of aliphatic imine (C=N–C) groups is 1. The van der Waals surface area contributed by atoms with E-state index in [2.05, 4.69) is 25.9 Å². The summed E-state index contributed by atoms with van der Waals surface area (Å²) >= 11 is 0. The molecule has 3 N–H and O–H groups in total. The van der Waals surface area contributed by atoms with Crippen LogP contribution in [0.4, 0.5) is 5.69 Å². The van der Waals surface area contributed by atoms with Crippen molar-refractivity contribution in [2.45, 2.75) is 20.0 Å². The average molecular weight is 483 g/mol. The molecule has 0 saturated carbocycles. The molecule has 0 aliphatic rings. The van der Waals surface area contributed by atoms with Crippen LogP contribution in [0.25, 0.3) is 0 Å². The number of anilines is 1. The van der Waals surface area contributed by atoms with Gasteiger partial charge in [0, 0.05) is 13.2 Å². The maximum absolute atomic E-state index is 11.9. The quantitative estimate of drug-likeness (QED) is 0.320. The molecule has 0 radical (unpaired) electrons. The standard InChI is InChI=1S/C19H25N5O2.HI/c1-14-6-4-8-17(10-14)26-15(2)11-22-19(20-3)23-13-18(25)24-16-7-5-9-21-12-16;/h4-10,12,15H,11,13H2,1-3H3,(H,24,25)(H2,20,22,23);1H. The Balaban J connectivity index is 0.00000364. The van der Waals surface area contributed by atoms with Gasteiger partial charge in [0.05, 0.1) is 25.0 Å². The third kappa shape index (κ3) is 8.72. The summed E-state index contributed by atoms with van der Waals surface area (Å²) in [5.74, 6) is 1.19. The van der Waals surface area contributed by atoms with Gasteiger partial charge in [-0.2, -0.15) is 0 Å². The minimum absolute atomic E-state index is 0. The Hall–Kier alpha value is -2.36. The lowest BCUT2D eigenvalue weighted by Crippen LogP contribution is -2.44. The second kappa shape index (κ2) is 12.1. The normalized spacial score (nSPS) is 11.7. The molecule has 1 atom stereocenters. The molecule has 1 aromatic heterocycles. The molecule has 1 unspecified atom stereocenters. The van der Waals surface area contributed by atoms with Gasteiger partial charge in [-0.05, 0) is 43.7 Å². The number of hydrogen-bond donors (Lipinski definition) is 3. The van der Waals surface area contributed by atoms with Crippen LogP contribution in [-0.2, 0) is 4.79 Å². The number of halogens is 1. The Labute approximate surface area is 177 Å². The highest BCUT2D eigenvalue weighted by Crippen LogP contribution is 2.13. The van der Waals surface area contributed by atoms with E-state index in [9.17, 15) is 4.79 Å². The summed E-state index contributed by atoms with van der Waals surface area (Å²) in [6.45, 7) is 4.65. The molecule has 0 saturated heterocycles. The molecule has 146 valence electrons. The fourth-order valence-electron chi connectivity index (χ4n) is 2.23. The third-order valence-electron chi connectivity index (χ3n) is 3.47. The summed E-state index contributed by atoms with van der Waals surface area (Å²) in [5.41, 5.74) is 1.81. The van der Waals surface area contributed by atoms with Gasteiger partial charge in [-0.15, -0.1) is 24.0 Å². The first-order valence-electron chi connectivity index (χ1n) is 8.44. The molecule has 1 aromatic carbocycles. The zero-order valence-electron chi connectivity index (χ0n) is 15.7. The van der Waals surface area contributed by atoms with Crippen LogP contribution in [0, 0.1) is 6.92 Å². The van der Waals surface area contributed by atoms with E-state index in [1.165, 1.54) is 0 Å².